The lowest BCUT2D eigenvalue weighted by atomic mass is 10.2. The van der Waals surface area contributed by atoms with E-state index in [9.17, 15) is 37.2 Å². The lowest BCUT2D eigenvalue weighted by molar-refractivity contribution is -0.145. The monoisotopic (exact) mass is 838 g/mol. The smallest absolute Gasteiger partial charge is 0.329 e. The van der Waals surface area contributed by atoms with Crippen molar-refractivity contribution < 1.29 is 46.7 Å². The maximum Gasteiger partial charge on any atom is 0.329 e. The Morgan fingerprint density at radius 2 is 1.04 bits per heavy atom. The number of sulfone groups is 1. The van der Waals surface area contributed by atoms with Crippen LogP contribution in [0.15, 0.2) is 58.3 Å². The van der Waals surface area contributed by atoms with Gasteiger partial charge in [0.15, 0.2) is 0 Å². The minimum Gasteiger partial charge on any atom is -0.464 e. The van der Waals surface area contributed by atoms with Crippen LogP contribution in [-0.2, 0) is 38.5 Å². The summed E-state index contributed by atoms with van der Waals surface area (Å²) in [6.07, 6.45) is 1.41. The third kappa shape index (κ3) is 14.9. The van der Waals surface area contributed by atoms with Gasteiger partial charge >= 0.3 is 11.9 Å². The highest BCUT2D eigenvalue weighted by Crippen LogP contribution is 2.24. The minimum absolute atomic E-state index is 0.0934. The van der Waals surface area contributed by atoms with Crippen LogP contribution in [0.5, 0.6) is 0 Å². The molecule has 2 rings (SSSR count). The molecule has 0 bridgehead atoms. The first kappa shape index (κ1) is 44.8. The van der Waals surface area contributed by atoms with Gasteiger partial charge in [-0.2, -0.15) is 25.3 Å². The van der Waals surface area contributed by atoms with Crippen molar-refractivity contribution >= 4 is 115 Å². The van der Waals surface area contributed by atoms with Gasteiger partial charge < -0.3 is 29.7 Å². The fourth-order valence-corrected chi connectivity index (χ4v) is 9.37. The molecular weight excluding hydrogens is 801 g/mol. The van der Waals surface area contributed by atoms with Crippen molar-refractivity contribution in [3.8, 4) is 0 Å². The zero-order valence-electron chi connectivity index (χ0n) is 27.3. The molecule has 4 N–H and O–H groups in total. The third-order valence-corrected chi connectivity index (χ3v) is 13.0. The van der Waals surface area contributed by atoms with E-state index in [1.165, 1.54) is 70.1 Å². The van der Waals surface area contributed by atoms with Crippen LogP contribution < -0.4 is 20.1 Å². The fourth-order valence-electron chi connectivity index (χ4n) is 3.63. The van der Waals surface area contributed by atoms with Crippen LogP contribution in [0.3, 0.4) is 0 Å². The molecule has 0 saturated heterocycles. The molecule has 0 aliphatic heterocycles. The number of carbonyl (C=O) groups is 6. The lowest BCUT2D eigenvalue weighted by Gasteiger charge is -2.17. The number of hydrogen-bond acceptors (Lipinski definition) is 18. The van der Waals surface area contributed by atoms with E-state index in [0.717, 1.165) is 22.0 Å². The van der Waals surface area contributed by atoms with Crippen LogP contribution in [0.2, 0.25) is 0 Å². The highest BCUT2D eigenvalue weighted by Gasteiger charge is 2.26. The van der Waals surface area contributed by atoms with E-state index >= 15 is 0 Å². The molecule has 0 saturated carbocycles. The number of esters is 2. The highest BCUT2D eigenvalue weighted by atomic mass is 33.1. The summed E-state index contributed by atoms with van der Waals surface area (Å²) >= 11 is 8.12. The molecule has 51 heavy (non-hydrogen) atoms. The number of hydrogen-bond donors (Lipinski definition) is 6. The minimum atomic E-state index is -4.06. The Bertz CT molecular complexity index is 1460. The second-order valence-electron chi connectivity index (χ2n) is 9.93. The molecule has 2 amide bonds. The zero-order valence-corrected chi connectivity index (χ0v) is 33.2. The summed E-state index contributed by atoms with van der Waals surface area (Å²) in [6, 6.07) is 7.17. The van der Waals surface area contributed by atoms with E-state index in [1.807, 2.05) is 0 Å². The molecule has 0 fully saturated rings. The van der Waals surface area contributed by atoms with Gasteiger partial charge in [-0.3, -0.25) is 9.59 Å². The number of nitrogens with one attached hydrogen (secondary N) is 4. The van der Waals surface area contributed by atoms with E-state index in [0.29, 0.717) is 12.6 Å². The summed E-state index contributed by atoms with van der Waals surface area (Å²) in [6.45, 7) is 3.45. The van der Waals surface area contributed by atoms with Crippen molar-refractivity contribution in [3.05, 3.63) is 59.7 Å². The molecule has 2 aromatic rings. The van der Waals surface area contributed by atoms with E-state index in [2.05, 4.69) is 45.3 Å². The SMILES string of the molecule is CCOC(=O)C(CSSN[C@H](C=O)CS)NC(=O)c1ccc(S(=O)(=O)c2ccc(C(=O)NC(CSSN[C@H](C=O)CS)C(=O)OCC)cc2)cc1. The van der Waals surface area contributed by atoms with Gasteiger partial charge in [0.05, 0.1) is 35.1 Å². The molecule has 14 nitrogen and oxygen atoms in total. The molecule has 21 heteroatoms. The van der Waals surface area contributed by atoms with Gasteiger partial charge in [0.2, 0.25) is 9.84 Å². The van der Waals surface area contributed by atoms with Crippen LogP contribution in [-0.4, -0.2) is 105 Å². The predicted molar refractivity (Wildman–Crippen MR) is 208 cm³/mol. The summed E-state index contributed by atoms with van der Waals surface area (Å²) in [4.78, 5) is 72.5. The largest absolute Gasteiger partial charge is 0.464 e. The first-order chi connectivity index (χ1) is 24.4. The fraction of sp³-hybridized carbons (Fsp3) is 0.400. The summed E-state index contributed by atoms with van der Waals surface area (Å²) in [7, 11) is 0.545. The van der Waals surface area contributed by atoms with Crippen LogP contribution in [0.1, 0.15) is 34.6 Å². The molecule has 2 aromatic carbocycles. The number of thiol groups is 2. The average Bonchev–Trinajstić information content (AvgIpc) is 3.14. The molecular formula is C30H38N4O10S7. The maximum absolute atomic E-state index is 13.4. The summed E-state index contributed by atoms with van der Waals surface area (Å²) in [5.41, 5.74) is 0.187. The lowest BCUT2D eigenvalue weighted by Crippen LogP contribution is -2.43. The predicted octanol–water partition coefficient (Wildman–Crippen LogP) is 2.61. The number of amides is 2. The molecule has 0 aliphatic carbocycles. The zero-order chi connectivity index (χ0) is 37.8. The molecule has 0 spiro atoms. The van der Waals surface area contributed by atoms with E-state index in [-0.39, 0.29) is 57.1 Å². The number of ether oxygens (including phenoxy) is 2. The molecule has 0 aromatic heterocycles. The van der Waals surface area contributed by atoms with Gasteiger partial charge in [-0.05, 0) is 84.3 Å². The van der Waals surface area contributed by atoms with Crippen LogP contribution in [0, 0.1) is 0 Å². The maximum atomic E-state index is 13.4. The topological polar surface area (TPSA) is 203 Å². The Balaban J connectivity index is 2.09. The first-order valence-electron chi connectivity index (χ1n) is 15.1. The quantitative estimate of drug-likeness (QED) is 0.0225. The average molecular weight is 839 g/mol. The number of carbonyl (C=O) groups excluding carboxylic acids is 6. The molecule has 280 valence electrons. The Labute approximate surface area is 323 Å². The van der Waals surface area contributed by atoms with Crippen molar-refractivity contribution in [1.82, 2.24) is 20.1 Å². The second-order valence-corrected chi connectivity index (χ2v) is 17.0. The van der Waals surface area contributed by atoms with Gasteiger partial charge in [-0.1, -0.05) is 21.6 Å². The Hall–Kier alpha value is -2.37. The van der Waals surface area contributed by atoms with Crippen molar-refractivity contribution in [2.75, 3.05) is 36.2 Å². The Morgan fingerprint density at radius 3 is 1.33 bits per heavy atom. The van der Waals surface area contributed by atoms with Crippen LogP contribution >= 0.6 is 68.8 Å². The summed E-state index contributed by atoms with van der Waals surface area (Å²) in [5.74, 6) is -1.80. The molecule has 0 aliphatic rings. The van der Waals surface area contributed by atoms with Crippen LogP contribution in [0.4, 0.5) is 0 Å². The summed E-state index contributed by atoms with van der Waals surface area (Å²) < 4.78 is 42.6. The summed E-state index contributed by atoms with van der Waals surface area (Å²) in [5, 5.41) is 5.19. The molecule has 0 radical (unpaired) electrons. The first-order valence-corrected chi connectivity index (χ1v) is 22.4. The molecule has 2 unspecified atom stereocenters. The van der Waals surface area contributed by atoms with Crippen molar-refractivity contribution in [2.45, 2.75) is 47.8 Å². The van der Waals surface area contributed by atoms with Gasteiger partial charge in [-0.15, -0.1) is 0 Å². The van der Waals surface area contributed by atoms with Crippen molar-refractivity contribution in [1.29, 1.82) is 0 Å². The highest BCUT2D eigenvalue weighted by molar-refractivity contribution is 8.76. The van der Waals surface area contributed by atoms with Crippen molar-refractivity contribution in [2.24, 2.45) is 0 Å². The van der Waals surface area contributed by atoms with E-state index in [1.54, 1.807) is 13.8 Å². The van der Waals surface area contributed by atoms with Gasteiger partial charge in [-0.25, -0.2) is 27.5 Å². The standard InChI is InChI=1S/C30H38N4O10S7/c1-3-43-29(39)25(17-47-49-33-21(13-35)15-45)31-27(37)19-5-9-23(10-6-19)51(41,42)24-11-7-20(8-12-24)28(38)32-26(30(40)44-4-2)18-48-50-34-22(14-36)16-46/h5-14,21-22,25-26,33-34,45-46H,3-4,15-18H2,1-2H3,(H,31,37)(H,32,38)/t21-,22-,25?,26?/m1/s1. The van der Waals surface area contributed by atoms with E-state index in [4.69, 9.17) is 9.47 Å². The van der Waals surface area contributed by atoms with Gasteiger partial charge in [0.25, 0.3) is 11.8 Å². The number of benzene rings is 2. The van der Waals surface area contributed by atoms with Gasteiger partial charge in [0.1, 0.15) is 24.7 Å². The molecule has 4 atom stereocenters. The number of rotatable bonds is 24. The normalized spacial score (nSPS) is 13.6. The second kappa shape index (κ2) is 24.0. The molecule has 0 heterocycles. The Morgan fingerprint density at radius 1 is 0.686 bits per heavy atom. The van der Waals surface area contributed by atoms with E-state index < -0.39 is 57.8 Å². The Kier molecular flexibility index (Phi) is 21.1. The van der Waals surface area contributed by atoms with Gasteiger partial charge in [0, 0.05) is 34.1 Å². The van der Waals surface area contributed by atoms with Crippen molar-refractivity contribution in [3.63, 3.8) is 0 Å². The third-order valence-electron chi connectivity index (χ3n) is 6.31. The van der Waals surface area contributed by atoms with Crippen LogP contribution in [0.25, 0.3) is 0 Å². The number of aldehydes is 2.